The minimum absolute atomic E-state index is 0.255. The summed E-state index contributed by atoms with van der Waals surface area (Å²) in [6.45, 7) is 8.40. The molecule has 0 aromatic carbocycles. The number of rotatable bonds is 9. The van der Waals surface area contributed by atoms with Crippen molar-refractivity contribution in [3.05, 3.63) is 12.3 Å². The molecule has 0 saturated heterocycles. The number of ether oxygens (including phenoxy) is 1. The summed E-state index contributed by atoms with van der Waals surface area (Å²) in [5.41, 5.74) is 10.9. The van der Waals surface area contributed by atoms with Crippen molar-refractivity contribution < 1.29 is 14.3 Å². The summed E-state index contributed by atoms with van der Waals surface area (Å²) in [5, 5.41) is 5.28. The first-order valence-electron chi connectivity index (χ1n) is 8.47. The van der Waals surface area contributed by atoms with Gasteiger partial charge in [-0.1, -0.05) is 32.8 Å². The summed E-state index contributed by atoms with van der Waals surface area (Å²) in [4.78, 5) is 23.6. The smallest absolute Gasteiger partial charge is 0.407 e. The van der Waals surface area contributed by atoms with E-state index in [9.17, 15) is 9.59 Å². The predicted molar refractivity (Wildman–Crippen MR) is 99.3 cm³/mol. The zero-order valence-corrected chi connectivity index (χ0v) is 15.7. The van der Waals surface area contributed by atoms with Crippen molar-refractivity contribution in [2.24, 2.45) is 16.9 Å². The predicted octanol–water partition coefficient (Wildman–Crippen LogP) is 1.24. The Bertz CT molecular complexity index is 501. The summed E-state index contributed by atoms with van der Waals surface area (Å²) in [6.07, 6.45) is 3.90. The molecular weight excluding hydrogens is 320 g/mol. The molecule has 0 spiro atoms. The van der Waals surface area contributed by atoms with Gasteiger partial charge >= 0.3 is 6.09 Å². The maximum absolute atomic E-state index is 11.9. The molecule has 0 aliphatic rings. The highest BCUT2D eigenvalue weighted by Gasteiger charge is 2.26. The Labute approximate surface area is 150 Å². The van der Waals surface area contributed by atoms with E-state index >= 15 is 0 Å². The van der Waals surface area contributed by atoms with Crippen LogP contribution in [0.2, 0.25) is 0 Å². The summed E-state index contributed by atoms with van der Waals surface area (Å²) in [7, 11) is 0. The minimum Gasteiger partial charge on any atom is -0.445 e. The van der Waals surface area contributed by atoms with Gasteiger partial charge in [0.05, 0.1) is 6.04 Å². The molecule has 0 fully saturated rings. The molecule has 2 atom stereocenters. The number of hydrogen-bond donors (Lipinski definition) is 4. The van der Waals surface area contributed by atoms with Crippen molar-refractivity contribution in [1.82, 2.24) is 10.6 Å². The van der Waals surface area contributed by atoms with Gasteiger partial charge in [-0.15, -0.1) is 5.92 Å². The molecule has 6 N–H and O–H groups in total. The van der Waals surface area contributed by atoms with E-state index in [4.69, 9.17) is 16.2 Å². The Hall–Kier alpha value is -2.04. The third kappa shape index (κ3) is 11.2. The van der Waals surface area contributed by atoms with Crippen LogP contribution in [0.3, 0.4) is 0 Å². The second-order valence-electron chi connectivity index (χ2n) is 6.72. The van der Waals surface area contributed by atoms with Gasteiger partial charge in [0, 0.05) is 19.4 Å². The zero-order chi connectivity index (χ0) is 19.3. The Kier molecular flexibility index (Phi) is 11.3. The van der Waals surface area contributed by atoms with Gasteiger partial charge < -0.3 is 26.8 Å². The van der Waals surface area contributed by atoms with E-state index < -0.39 is 18.2 Å². The molecule has 7 heteroatoms. The molecule has 0 bridgehead atoms. The van der Waals surface area contributed by atoms with Crippen LogP contribution in [0.15, 0.2) is 12.3 Å². The standard InChI is InChI=1S/C18H32N4O3/c1-5-6-9-14(25-17(24)22-13-8-11-19)10-7-12-21-16(23)15(20)18(2,3)4/h7,12,14-15H,8-11,13,19-20H2,1-4H3,(H,21,23)(H,22,24)/b12-7-/t14-,15+/m0/s1. The number of amides is 2. The molecule has 0 aliphatic heterocycles. The summed E-state index contributed by atoms with van der Waals surface area (Å²) in [6, 6.07) is -0.608. The molecule has 2 amide bonds. The van der Waals surface area contributed by atoms with E-state index in [2.05, 4.69) is 22.5 Å². The molecule has 0 aromatic rings. The monoisotopic (exact) mass is 352 g/mol. The number of nitrogens with two attached hydrogens (primary N) is 2. The first-order chi connectivity index (χ1) is 11.7. The lowest BCUT2D eigenvalue weighted by Crippen LogP contribution is -2.47. The molecule has 0 heterocycles. The van der Waals surface area contributed by atoms with Crippen LogP contribution in [0.4, 0.5) is 4.79 Å². The fraction of sp³-hybridized carbons (Fsp3) is 0.667. The highest BCUT2D eigenvalue weighted by atomic mass is 16.6. The average molecular weight is 352 g/mol. The molecule has 25 heavy (non-hydrogen) atoms. The molecule has 0 unspecified atom stereocenters. The van der Waals surface area contributed by atoms with Crippen LogP contribution in [-0.2, 0) is 9.53 Å². The van der Waals surface area contributed by atoms with Crippen LogP contribution >= 0.6 is 0 Å². The second-order valence-corrected chi connectivity index (χ2v) is 6.72. The molecular formula is C18H32N4O3. The Morgan fingerprint density at radius 3 is 2.56 bits per heavy atom. The summed E-state index contributed by atoms with van der Waals surface area (Å²) in [5.74, 6) is 5.41. The van der Waals surface area contributed by atoms with Crippen LogP contribution in [0, 0.1) is 17.3 Å². The Morgan fingerprint density at radius 1 is 1.32 bits per heavy atom. The lowest BCUT2D eigenvalue weighted by Gasteiger charge is -2.25. The largest absolute Gasteiger partial charge is 0.445 e. The van der Waals surface area contributed by atoms with Gasteiger partial charge in [0.15, 0.2) is 0 Å². The average Bonchev–Trinajstić information content (AvgIpc) is 2.54. The van der Waals surface area contributed by atoms with Crippen LogP contribution in [0.1, 0.15) is 47.0 Å². The number of alkyl carbamates (subject to hydrolysis) is 1. The second kappa shape index (κ2) is 12.3. The van der Waals surface area contributed by atoms with Crippen molar-refractivity contribution >= 4 is 12.0 Å². The summed E-state index contributed by atoms with van der Waals surface area (Å²) >= 11 is 0. The van der Waals surface area contributed by atoms with Gasteiger partial charge in [-0.05, 0) is 31.5 Å². The quantitative estimate of drug-likeness (QED) is 0.368. The highest BCUT2D eigenvalue weighted by molar-refractivity contribution is 5.83. The Balaban J connectivity index is 4.44. The van der Waals surface area contributed by atoms with Gasteiger partial charge in [0.25, 0.3) is 0 Å². The van der Waals surface area contributed by atoms with Crippen molar-refractivity contribution in [1.29, 1.82) is 0 Å². The fourth-order valence-electron chi connectivity index (χ4n) is 1.72. The highest BCUT2D eigenvalue weighted by Crippen LogP contribution is 2.17. The molecule has 7 nitrogen and oxygen atoms in total. The van der Waals surface area contributed by atoms with Crippen LogP contribution in [0.25, 0.3) is 0 Å². The van der Waals surface area contributed by atoms with Crippen molar-refractivity contribution in [3.8, 4) is 11.8 Å². The third-order valence-electron chi connectivity index (χ3n) is 3.39. The molecule has 0 aromatic heterocycles. The molecule has 0 aliphatic carbocycles. The number of carbonyl (C=O) groups is 2. The lowest BCUT2D eigenvalue weighted by atomic mass is 9.87. The zero-order valence-electron chi connectivity index (χ0n) is 15.7. The van der Waals surface area contributed by atoms with E-state index in [1.54, 1.807) is 13.0 Å². The molecule has 0 saturated carbocycles. The van der Waals surface area contributed by atoms with Gasteiger partial charge in [-0.25, -0.2) is 4.79 Å². The van der Waals surface area contributed by atoms with E-state index in [1.165, 1.54) is 6.20 Å². The van der Waals surface area contributed by atoms with Gasteiger partial charge in [-0.2, -0.15) is 0 Å². The van der Waals surface area contributed by atoms with E-state index in [-0.39, 0.29) is 11.3 Å². The van der Waals surface area contributed by atoms with E-state index in [1.807, 2.05) is 20.8 Å². The van der Waals surface area contributed by atoms with Gasteiger partial charge in [-0.3, -0.25) is 4.79 Å². The van der Waals surface area contributed by atoms with Gasteiger partial charge in [0.2, 0.25) is 5.91 Å². The van der Waals surface area contributed by atoms with Crippen LogP contribution in [-0.4, -0.2) is 37.2 Å². The molecule has 0 rings (SSSR count). The van der Waals surface area contributed by atoms with Crippen molar-refractivity contribution in [2.75, 3.05) is 13.1 Å². The van der Waals surface area contributed by atoms with E-state index in [0.717, 1.165) is 0 Å². The minimum atomic E-state index is -0.608. The third-order valence-corrected chi connectivity index (χ3v) is 3.39. The number of hydrogen-bond acceptors (Lipinski definition) is 5. The molecule has 142 valence electrons. The fourth-order valence-corrected chi connectivity index (χ4v) is 1.72. The first-order valence-corrected chi connectivity index (χ1v) is 8.47. The number of nitrogens with one attached hydrogen (secondary N) is 2. The van der Waals surface area contributed by atoms with E-state index in [0.29, 0.717) is 32.4 Å². The SMILES string of the molecule is CC#CC[C@@H](C/C=C\NC(=O)[C@@H](N)C(C)(C)C)OC(=O)NCCCN. The van der Waals surface area contributed by atoms with Gasteiger partial charge in [0.1, 0.15) is 6.10 Å². The molecule has 0 radical (unpaired) electrons. The van der Waals surface area contributed by atoms with Crippen molar-refractivity contribution in [3.63, 3.8) is 0 Å². The maximum atomic E-state index is 11.9. The topological polar surface area (TPSA) is 119 Å². The lowest BCUT2D eigenvalue weighted by molar-refractivity contribution is -0.123. The normalized spacial score (nSPS) is 13.5. The van der Waals surface area contributed by atoms with Crippen LogP contribution in [0.5, 0.6) is 0 Å². The van der Waals surface area contributed by atoms with Crippen molar-refractivity contribution in [2.45, 2.75) is 59.1 Å². The number of carbonyl (C=O) groups excluding carboxylic acids is 2. The Morgan fingerprint density at radius 2 is 2.00 bits per heavy atom. The summed E-state index contributed by atoms with van der Waals surface area (Å²) < 4.78 is 5.33. The first kappa shape index (κ1) is 23.0. The maximum Gasteiger partial charge on any atom is 0.407 e. The van der Waals surface area contributed by atoms with Crippen LogP contribution < -0.4 is 22.1 Å².